The lowest BCUT2D eigenvalue weighted by Crippen LogP contribution is -2.51. The van der Waals surface area contributed by atoms with Gasteiger partial charge in [0.1, 0.15) is 0 Å². The highest BCUT2D eigenvalue weighted by molar-refractivity contribution is 5.80. The number of nitrogens with two attached hydrogens (primary N) is 1. The van der Waals surface area contributed by atoms with Gasteiger partial charge in [0.05, 0.1) is 12.6 Å². The fraction of sp³-hybridized carbons (Fsp3) is 0.909. The number of nitrogens with zero attached hydrogens (tertiary/aromatic N) is 1. The van der Waals surface area contributed by atoms with Crippen molar-refractivity contribution in [2.75, 3.05) is 13.7 Å². The monoisotopic (exact) mass is 230 g/mol. The van der Waals surface area contributed by atoms with Gasteiger partial charge < -0.3 is 10.1 Å². The number of ether oxygens (including phenoxy) is 1. The second kappa shape index (κ2) is 7.46. The zero-order valence-electron chi connectivity index (χ0n) is 11.1. The molecule has 0 spiro atoms. The Kier molecular flexibility index (Phi) is 7.08. The Morgan fingerprint density at radius 3 is 2.56 bits per heavy atom. The molecular weight excluding hydrogens is 204 g/mol. The van der Waals surface area contributed by atoms with Crippen molar-refractivity contribution >= 4 is 5.96 Å². The van der Waals surface area contributed by atoms with Crippen molar-refractivity contribution in [2.24, 2.45) is 10.8 Å². The normalized spacial score (nSPS) is 14.8. The molecule has 0 bridgehead atoms. The SMILES string of the molecule is CCCC(C)(C)NC(=NC(C)COC)NN. The van der Waals surface area contributed by atoms with E-state index < -0.39 is 0 Å². The van der Waals surface area contributed by atoms with E-state index in [-0.39, 0.29) is 11.6 Å². The van der Waals surface area contributed by atoms with Gasteiger partial charge in [-0.05, 0) is 27.2 Å². The third-order valence-corrected chi connectivity index (χ3v) is 2.23. The van der Waals surface area contributed by atoms with Crippen LogP contribution in [0.25, 0.3) is 0 Å². The van der Waals surface area contributed by atoms with Crippen molar-refractivity contribution in [1.82, 2.24) is 10.7 Å². The van der Waals surface area contributed by atoms with Crippen molar-refractivity contribution in [3.05, 3.63) is 0 Å². The van der Waals surface area contributed by atoms with Gasteiger partial charge in [-0.15, -0.1) is 0 Å². The largest absolute Gasteiger partial charge is 0.382 e. The Morgan fingerprint density at radius 1 is 1.50 bits per heavy atom. The van der Waals surface area contributed by atoms with Crippen molar-refractivity contribution in [3.8, 4) is 0 Å². The molecule has 5 heteroatoms. The summed E-state index contributed by atoms with van der Waals surface area (Å²) in [4.78, 5) is 4.40. The molecule has 0 aliphatic rings. The van der Waals surface area contributed by atoms with E-state index in [0.29, 0.717) is 12.6 Å². The second-order valence-corrected chi connectivity index (χ2v) is 4.69. The first-order chi connectivity index (χ1) is 7.45. The number of hydrogen-bond donors (Lipinski definition) is 3. The summed E-state index contributed by atoms with van der Waals surface area (Å²) in [6, 6.07) is 0.0842. The van der Waals surface area contributed by atoms with Crippen molar-refractivity contribution in [1.29, 1.82) is 0 Å². The molecule has 16 heavy (non-hydrogen) atoms. The lowest BCUT2D eigenvalue weighted by atomic mass is 9.99. The van der Waals surface area contributed by atoms with Crippen molar-refractivity contribution in [3.63, 3.8) is 0 Å². The first kappa shape index (κ1) is 15.2. The fourth-order valence-electron chi connectivity index (χ4n) is 1.61. The molecule has 0 fully saturated rings. The number of rotatable bonds is 6. The van der Waals surface area contributed by atoms with E-state index in [2.05, 4.69) is 36.5 Å². The van der Waals surface area contributed by atoms with Crippen LogP contribution in [0, 0.1) is 0 Å². The highest BCUT2D eigenvalue weighted by Gasteiger charge is 2.17. The Labute approximate surface area is 98.8 Å². The van der Waals surface area contributed by atoms with E-state index in [0.717, 1.165) is 12.8 Å². The molecule has 0 aliphatic heterocycles. The molecule has 0 rings (SSSR count). The van der Waals surface area contributed by atoms with Crippen LogP contribution in [0.15, 0.2) is 4.99 Å². The summed E-state index contributed by atoms with van der Waals surface area (Å²) in [6.45, 7) is 8.98. The first-order valence-corrected chi connectivity index (χ1v) is 5.76. The van der Waals surface area contributed by atoms with Gasteiger partial charge in [0.15, 0.2) is 0 Å². The first-order valence-electron chi connectivity index (χ1n) is 5.76. The molecular formula is C11H26N4O. The van der Waals surface area contributed by atoms with E-state index in [1.807, 2.05) is 6.92 Å². The van der Waals surface area contributed by atoms with Gasteiger partial charge in [-0.25, -0.2) is 10.8 Å². The highest BCUT2D eigenvalue weighted by Crippen LogP contribution is 2.10. The summed E-state index contributed by atoms with van der Waals surface area (Å²) >= 11 is 0. The maximum atomic E-state index is 5.44. The maximum absolute atomic E-state index is 5.44. The van der Waals surface area contributed by atoms with Crippen LogP contribution in [0.1, 0.15) is 40.5 Å². The molecule has 1 atom stereocenters. The summed E-state index contributed by atoms with van der Waals surface area (Å²) < 4.78 is 5.02. The smallest absolute Gasteiger partial charge is 0.206 e. The minimum absolute atomic E-state index is 0.00720. The Morgan fingerprint density at radius 2 is 2.12 bits per heavy atom. The van der Waals surface area contributed by atoms with Gasteiger partial charge in [0.2, 0.25) is 5.96 Å². The summed E-state index contributed by atoms with van der Waals surface area (Å²) in [7, 11) is 1.66. The van der Waals surface area contributed by atoms with Gasteiger partial charge in [0, 0.05) is 12.6 Å². The molecule has 5 nitrogen and oxygen atoms in total. The summed E-state index contributed by atoms with van der Waals surface area (Å²) in [5.41, 5.74) is 2.58. The number of guanidine groups is 1. The Balaban J connectivity index is 4.38. The average molecular weight is 230 g/mol. The fourth-order valence-corrected chi connectivity index (χ4v) is 1.61. The molecule has 0 amide bonds. The number of hydrogen-bond acceptors (Lipinski definition) is 3. The van der Waals surface area contributed by atoms with Gasteiger partial charge in [-0.2, -0.15) is 0 Å². The van der Waals surface area contributed by atoms with Crippen LogP contribution < -0.4 is 16.6 Å². The number of nitrogens with one attached hydrogen (secondary N) is 2. The van der Waals surface area contributed by atoms with E-state index in [9.17, 15) is 0 Å². The molecule has 0 heterocycles. The van der Waals surface area contributed by atoms with E-state index in [1.165, 1.54) is 0 Å². The van der Waals surface area contributed by atoms with Crippen molar-refractivity contribution in [2.45, 2.75) is 52.1 Å². The van der Waals surface area contributed by atoms with Gasteiger partial charge in [0.25, 0.3) is 0 Å². The standard InChI is InChI=1S/C11H26N4O/c1-6-7-11(3,4)14-10(15-12)13-9(2)8-16-5/h9H,6-8,12H2,1-5H3,(H2,13,14,15). The van der Waals surface area contributed by atoms with Crippen LogP contribution in [0.5, 0.6) is 0 Å². The highest BCUT2D eigenvalue weighted by atomic mass is 16.5. The predicted octanol–water partition coefficient (Wildman–Crippen LogP) is 1.01. The molecule has 1 unspecified atom stereocenters. The minimum Gasteiger partial charge on any atom is -0.382 e. The van der Waals surface area contributed by atoms with Crippen LogP contribution in [-0.2, 0) is 4.74 Å². The van der Waals surface area contributed by atoms with E-state index in [4.69, 9.17) is 10.6 Å². The van der Waals surface area contributed by atoms with E-state index >= 15 is 0 Å². The molecule has 0 aromatic rings. The Bertz CT molecular complexity index is 216. The summed E-state index contributed by atoms with van der Waals surface area (Å²) in [5.74, 6) is 6.05. The average Bonchev–Trinajstić information content (AvgIpc) is 2.16. The molecule has 0 aromatic heterocycles. The van der Waals surface area contributed by atoms with Crippen LogP contribution in [0.3, 0.4) is 0 Å². The third kappa shape index (κ3) is 6.63. The number of hydrazine groups is 1. The lowest BCUT2D eigenvalue weighted by Gasteiger charge is -2.27. The topological polar surface area (TPSA) is 71.7 Å². The van der Waals surface area contributed by atoms with Gasteiger partial charge >= 0.3 is 0 Å². The molecule has 0 saturated heterocycles. The molecule has 0 aromatic carbocycles. The van der Waals surface area contributed by atoms with Crippen LogP contribution >= 0.6 is 0 Å². The minimum atomic E-state index is -0.00720. The third-order valence-electron chi connectivity index (χ3n) is 2.23. The number of aliphatic imine (C=N–C) groups is 1. The summed E-state index contributed by atoms with van der Waals surface area (Å²) in [6.07, 6.45) is 2.18. The molecule has 0 radical (unpaired) electrons. The van der Waals surface area contributed by atoms with Crippen LogP contribution in [0.4, 0.5) is 0 Å². The van der Waals surface area contributed by atoms with E-state index in [1.54, 1.807) is 7.11 Å². The second-order valence-electron chi connectivity index (χ2n) is 4.69. The number of methoxy groups -OCH3 is 1. The zero-order valence-corrected chi connectivity index (χ0v) is 11.1. The quantitative estimate of drug-likeness (QED) is 0.276. The molecule has 0 aliphatic carbocycles. The Hall–Kier alpha value is -0.810. The zero-order chi connectivity index (χ0) is 12.6. The van der Waals surface area contributed by atoms with Crippen molar-refractivity contribution < 1.29 is 4.74 Å². The lowest BCUT2D eigenvalue weighted by molar-refractivity contribution is 0.185. The van der Waals surface area contributed by atoms with Crippen LogP contribution in [0.2, 0.25) is 0 Å². The molecule has 0 saturated carbocycles. The molecule has 96 valence electrons. The predicted molar refractivity (Wildman–Crippen MR) is 68.2 cm³/mol. The maximum Gasteiger partial charge on any atom is 0.206 e. The molecule has 4 N–H and O–H groups in total. The van der Waals surface area contributed by atoms with Gasteiger partial charge in [-0.3, -0.25) is 5.43 Å². The van der Waals surface area contributed by atoms with Gasteiger partial charge in [-0.1, -0.05) is 13.3 Å². The van der Waals surface area contributed by atoms with Crippen LogP contribution in [-0.4, -0.2) is 31.3 Å². The summed E-state index contributed by atoms with van der Waals surface area (Å²) in [5, 5.41) is 3.29.